The molecule has 0 fully saturated rings. The highest BCUT2D eigenvalue weighted by molar-refractivity contribution is 9.10. The Hall–Kier alpha value is -0.620. The van der Waals surface area contributed by atoms with Crippen LogP contribution in [0, 0.1) is 0 Å². The fraction of sp³-hybridized carbons (Fsp3) is 0.417. The Morgan fingerprint density at radius 3 is 3.00 bits per heavy atom. The molecule has 0 heterocycles. The van der Waals surface area contributed by atoms with Gasteiger partial charge >= 0.3 is 0 Å². The Labute approximate surface area is 120 Å². The molecule has 1 amide bonds. The number of hydrogen-bond donors (Lipinski definition) is 2. The first kappa shape index (κ1) is 15.4. The summed E-state index contributed by atoms with van der Waals surface area (Å²) in [4.78, 5) is 11.4. The Kier molecular flexibility index (Phi) is 7.27. The van der Waals surface area contributed by atoms with Crippen LogP contribution < -0.4 is 10.6 Å². The lowest BCUT2D eigenvalue weighted by Gasteiger charge is -2.08. The van der Waals surface area contributed by atoms with E-state index in [0.29, 0.717) is 24.7 Å². The van der Waals surface area contributed by atoms with E-state index in [1.807, 2.05) is 18.2 Å². The van der Waals surface area contributed by atoms with Crippen molar-refractivity contribution in [3.05, 3.63) is 33.3 Å². The SMILES string of the molecule is COCCNC(=O)CNCc1cc(Br)ccc1Cl. The quantitative estimate of drug-likeness (QED) is 0.749. The topological polar surface area (TPSA) is 50.4 Å². The predicted molar refractivity (Wildman–Crippen MR) is 75.7 cm³/mol. The number of carbonyl (C=O) groups is 1. The second-order valence-electron chi connectivity index (χ2n) is 3.68. The van der Waals surface area contributed by atoms with Crippen LogP contribution in [-0.2, 0) is 16.1 Å². The number of nitrogens with one attached hydrogen (secondary N) is 2. The third kappa shape index (κ3) is 5.82. The molecule has 1 aromatic rings. The van der Waals surface area contributed by atoms with Crippen LogP contribution in [0.3, 0.4) is 0 Å². The van der Waals surface area contributed by atoms with Crippen molar-refractivity contribution in [2.45, 2.75) is 6.54 Å². The number of hydrogen-bond acceptors (Lipinski definition) is 3. The summed E-state index contributed by atoms with van der Waals surface area (Å²) in [6.45, 7) is 1.85. The molecule has 0 aromatic heterocycles. The highest BCUT2D eigenvalue weighted by Gasteiger charge is 2.03. The van der Waals surface area contributed by atoms with E-state index in [1.165, 1.54) is 0 Å². The number of methoxy groups -OCH3 is 1. The van der Waals surface area contributed by atoms with Crippen LogP contribution >= 0.6 is 27.5 Å². The smallest absolute Gasteiger partial charge is 0.234 e. The summed E-state index contributed by atoms with van der Waals surface area (Å²) in [5, 5.41) is 6.45. The minimum Gasteiger partial charge on any atom is -0.383 e. The van der Waals surface area contributed by atoms with Gasteiger partial charge in [0.05, 0.1) is 13.2 Å². The second-order valence-corrected chi connectivity index (χ2v) is 5.00. The molecule has 2 N–H and O–H groups in total. The third-order valence-corrected chi connectivity index (χ3v) is 3.10. The summed E-state index contributed by atoms with van der Waals surface area (Å²) in [6.07, 6.45) is 0. The van der Waals surface area contributed by atoms with Crippen LogP contribution in [0.1, 0.15) is 5.56 Å². The number of ether oxygens (including phenoxy) is 1. The lowest BCUT2D eigenvalue weighted by atomic mass is 10.2. The number of carbonyl (C=O) groups excluding carboxylic acids is 1. The normalized spacial score (nSPS) is 10.4. The monoisotopic (exact) mass is 334 g/mol. The summed E-state index contributed by atoms with van der Waals surface area (Å²) < 4.78 is 5.80. The molecular weight excluding hydrogens is 320 g/mol. The van der Waals surface area contributed by atoms with E-state index < -0.39 is 0 Å². The average molecular weight is 336 g/mol. The van der Waals surface area contributed by atoms with Crippen molar-refractivity contribution < 1.29 is 9.53 Å². The van der Waals surface area contributed by atoms with Crippen molar-refractivity contribution in [3.63, 3.8) is 0 Å². The van der Waals surface area contributed by atoms with E-state index in [-0.39, 0.29) is 12.5 Å². The van der Waals surface area contributed by atoms with E-state index in [9.17, 15) is 4.79 Å². The van der Waals surface area contributed by atoms with Crippen LogP contribution in [0.4, 0.5) is 0 Å². The molecule has 0 spiro atoms. The fourth-order valence-corrected chi connectivity index (χ4v) is 1.94. The van der Waals surface area contributed by atoms with Gasteiger partial charge in [-0.3, -0.25) is 4.79 Å². The van der Waals surface area contributed by atoms with Gasteiger partial charge in [-0.25, -0.2) is 0 Å². The molecule has 18 heavy (non-hydrogen) atoms. The van der Waals surface area contributed by atoms with Gasteiger partial charge < -0.3 is 15.4 Å². The van der Waals surface area contributed by atoms with Crippen molar-refractivity contribution in [2.75, 3.05) is 26.8 Å². The zero-order valence-corrected chi connectivity index (χ0v) is 12.5. The maximum absolute atomic E-state index is 11.4. The lowest BCUT2D eigenvalue weighted by molar-refractivity contribution is -0.120. The van der Waals surface area contributed by atoms with Gasteiger partial charge in [0.15, 0.2) is 0 Å². The Morgan fingerprint density at radius 2 is 2.28 bits per heavy atom. The number of amides is 1. The molecule has 0 radical (unpaired) electrons. The first-order valence-electron chi connectivity index (χ1n) is 5.53. The molecule has 1 rings (SSSR count). The van der Waals surface area contributed by atoms with Crippen molar-refractivity contribution in [1.82, 2.24) is 10.6 Å². The van der Waals surface area contributed by atoms with Crippen molar-refractivity contribution >= 4 is 33.4 Å². The summed E-state index contributed by atoms with van der Waals surface area (Å²) >= 11 is 9.42. The molecule has 0 atom stereocenters. The maximum atomic E-state index is 11.4. The van der Waals surface area contributed by atoms with Crippen molar-refractivity contribution in [2.24, 2.45) is 0 Å². The zero-order valence-electron chi connectivity index (χ0n) is 10.1. The average Bonchev–Trinajstić information content (AvgIpc) is 2.34. The maximum Gasteiger partial charge on any atom is 0.234 e. The van der Waals surface area contributed by atoms with Gasteiger partial charge in [-0.2, -0.15) is 0 Å². The van der Waals surface area contributed by atoms with Gasteiger partial charge in [-0.1, -0.05) is 27.5 Å². The van der Waals surface area contributed by atoms with E-state index in [1.54, 1.807) is 7.11 Å². The summed E-state index contributed by atoms with van der Waals surface area (Å²) in [5.74, 6) is -0.0573. The molecule has 0 aliphatic rings. The predicted octanol–water partition coefficient (Wildman–Crippen LogP) is 1.95. The van der Waals surface area contributed by atoms with Gasteiger partial charge in [-0.15, -0.1) is 0 Å². The van der Waals surface area contributed by atoms with Crippen LogP contribution in [0.25, 0.3) is 0 Å². The lowest BCUT2D eigenvalue weighted by Crippen LogP contribution is -2.35. The molecule has 0 aliphatic heterocycles. The third-order valence-electron chi connectivity index (χ3n) is 2.24. The summed E-state index contributed by atoms with van der Waals surface area (Å²) in [6, 6.07) is 5.63. The summed E-state index contributed by atoms with van der Waals surface area (Å²) in [7, 11) is 1.60. The van der Waals surface area contributed by atoms with Gasteiger partial charge in [0.25, 0.3) is 0 Å². The molecule has 100 valence electrons. The largest absolute Gasteiger partial charge is 0.383 e. The highest BCUT2D eigenvalue weighted by Crippen LogP contribution is 2.20. The molecule has 0 bridgehead atoms. The highest BCUT2D eigenvalue weighted by atomic mass is 79.9. The summed E-state index contributed by atoms with van der Waals surface area (Å²) in [5.41, 5.74) is 0.954. The molecule has 0 saturated carbocycles. The van der Waals surface area contributed by atoms with E-state index in [4.69, 9.17) is 16.3 Å². The van der Waals surface area contributed by atoms with Gasteiger partial charge in [-0.05, 0) is 23.8 Å². The van der Waals surface area contributed by atoms with Gasteiger partial charge in [0.1, 0.15) is 0 Å². The molecule has 0 unspecified atom stereocenters. The molecular formula is C12H16BrClN2O2. The first-order chi connectivity index (χ1) is 8.63. The molecule has 4 nitrogen and oxygen atoms in total. The first-order valence-corrected chi connectivity index (χ1v) is 6.71. The molecule has 1 aromatic carbocycles. The van der Waals surface area contributed by atoms with Gasteiger partial charge in [0.2, 0.25) is 5.91 Å². The Balaban J connectivity index is 2.28. The van der Waals surface area contributed by atoms with Gasteiger partial charge in [0, 0.05) is 29.7 Å². The number of rotatable bonds is 7. The standard InChI is InChI=1S/C12H16BrClN2O2/c1-18-5-4-16-12(17)8-15-7-9-6-10(13)2-3-11(9)14/h2-3,6,15H,4-5,7-8H2,1H3,(H,16,17). The number of halogens is 2. The molecule has 0 aliphatic carbocycles. The number of benzene rings is 1. The second kappa shape index (κ2) is 8.48. The van der Waals surface area contributed by atoms with Crippen LogP contribution in [0.5, 0.6) is 0 Å². The van der Waals surface area contributed by atoms with Crippen molar-refractivity contribution in [3.8, 4) is 0 Å². The van der Waals surface area contributed by atoms with Crippen LogP contribution in [0.2, 0.25) is 5.02 Å². The van der Waals surface area contributed by atoms with Crippen molar-refractivity contribution in [1.29, 1.82) is 0 Å². The van der Waals surface area contributed by atoms with E-state index >= 15 is 0 Å². The zero-order chi connectivity index (χ0) is 13.4. The van der Waals surface area contributed by atoms with Crippen LogP contribution in [-0.4, -0.2) is 32.7 Å². The van der Waals surface area contributed by atoms with E-state index in [2.05, 4.69) is 26.6 Å². The Morgan fingerprint density at radius 1 is 1.50 bits per heavy atom. The minimum absolute atomic E-state index is 0.0573. The molecule has 0 saturated heterocycles. The van der Waals surface area contributed by atoms with Crippen LogP contribution in [0.15, 0.2) is 22.7 Å². The molecule has 6 heteroatoms. The minimum atomic E-state index is -0.0573. The Bertz CT molecular complexity index is 402. The van der Waals surface area contributed by atoms with E-state index in [0.717, 1.165) is 10.0 Å². The fourth-order valence-electron chi connectivity index (χ4n) is 1.34.